The van der Waals surface area contributed by atoms with Crippen molar-refractivity contribution in [3.05, 3.63) is 10.4 Å². The van der Waals surface area contributed by atoms with Crippen molar-refractivity contribution < 1.29 is 47.4 Å². The van der Waals surface area contributed by atoms with Crippen LogP contribution in [0, 0.1) is 12.3 Å². The minimum Gasteiger partial charge on any atom is -0.379 e. The van der Waals surface area contributed by atoms with Crippen LogP contribution in [0.1, 0.15) is 0 Å². The average molecular weight is 522 g/mol. The molecule has 13 nitrogen and oxygen atoms in total. The molecule has 0 aromatic carbocycles. The molecule has 0 saturated carbocycles. The van der Waals surface area contributed by atoms with Crippen LogP contribution in [0.2, 0.25) is 0 Å². The molecule has 36 heavy (non-hydrogen) atoms. The second-order valence-corrected chi connectivity index (χ2v) is 6.72. The van der Waals surface area contributed by atoms with Crippen LogP contribution >= 0.6 is 0 Å². The Morgan fingerprint density at radius 2 is 0.694 bits per heavy atom. The van der Waals surface area contributed by atoms with Crippen molar-refractivity contribution in [2.45, 2.75) is 0 Å². The molecule has 0 amide bonds. The first-order valence-electron chi connectivity index (χ1n) is 12.1. The fraction of sp³-hybridized carbons (Fsp3) is 0.913. The van der Waals surface area contributed by atoms with Gasteiger partial charge in [-0.15, -0.1) is 6.42 Å². The SMILES string of the molecule is C#CCOCCOCCOCCOCCOCCOCCOCCOCCOCCOCCN=[N+]=[N-]. The van der Waals surface area contributed by atoms with Crippen LogP contribution in [-0.4, -0.2) is 139 Å². The van der Waals surface area contributed by atoms with Gasteiger partial charge < -0.3 is 47.4 Å². The summed E-state index contributed by atoms with van der Waals surface area (Å²) in [7, 11) is 0. The van der Waals surface area contributed by atoms with E-state index in [4.69, 9.17) is 59.3 Å². The fourth-order valence-electron chi connectivity index (χ4n) is 2.26. The predicted octanol–water partition coefficient (Wildman–Crippen LogP) is 1.10. The minimum absolute atomic E-state index is 0.306. The zero-order chi connectivity index (χ0) is 26.0. The molecule has 0 fully saturated rings. The predicted molar refractivity (Wildman–Crippen MR) is 131 cm³/mol. The maximum Gasteiger partial charge on any atom is 0.107 e. The van der Waals surface area contributed by atoms with Gasteiger partial charge in [0.2, 0.25) is 0 Å². The van der Waals surface area contributed by atoms with Crippen LogP contribution in [0.15, 0.2) is 5.11 Å². The minimum atomic E-state index is 0.306. The standard InChI is InChI=1S/C23H43N3O10/c1-2-4-27-6-8-29-10-12-31-14-16-33-18-20-35-22-23-36-21-19-34-17-15-32-13-11-30-9-7-28-5-3-25-26-24/h1H,3-23H2. The molecule has 0 unspecified atom stereocenters. The van der Waals surface area contributed by atoms with Gasteiger partial charge in [-0.2, -0.15) is 0 Å². The van der Waals surface area contributed by atoms with Crippen LogP contribution in [0.3, 0.4) is 0 Å². The average Bonchev–Trinajstić information content (AvgIpc) is 2.89. The summed E-state index contributed by atoms with van der Waals surface area (Å²) in [6.45, 7) is 10.0. The Hall–Kier alpha value is -1.53. The molecular formula is C23H43N3O10. The molecular weight excluding hydrogens is 478 g/mol. The quantitative estimate of drug-likeness (QED) is 0.0428. The molecule has 0 heterocycles. The molecule has 0 rings (SSSR count). The van der Waals surface area contributed by atoms with Gasteiger partial charge in [0.25, 0.3) is 0 Å². The highest BCUT2D eigenvalue weighted by molar-refractivity contribution is 4.82. The normalized spacial score (nSPS) is 10.9. The van der Waals surface area contributed by atoms with Gasteiger partial charge in [-0.3, -0.25) is 0 Å². The molecule has 0 aliphatic rings. The number of ether oxygens (including phenoxy) is 10. The first kappa shape index (κ1) is 34.5. The fourth-order valence-corrected chi connectivity index (χ4v) is 2.26. The van der Waals surface area contributed by atoms with E-state index in [-0.39, 0.29) is 0 Å². The molecule has 0 atom stereocenters. The van der Waals surface area contributed by atoms with Crippen molar-refractivity contribution in [3.63, 3.8) is 0 Å². The molecule has 13 heteroatoms. The van der Waals surface area contributed by atoms with E-state index in [0.29, 0.717) is 139 Å². The van der Waals surface area contributed by atoms with Crippen LogP contribution < -0.4 is 0 Å². The lowest BCUT2D eigenvalue weighted by atomic mass is 10.6. The Morgan fingerprint density at radius 1 is 0.444 bits per heavy atom. The third-order valence-corrected chi connectivity index (χ3v) is 3.93. The summed E-state index contributed by atoms with van der Waals surface area (Å²) in [6, 6.07) is 0. The summed E-state index contributed by atoms with van der Waals surface area (Å²) in [5, 5.41) is 3.36. The Morgan fingerprint density at radius 3 is 0.944 bits per heavy atom. The lowest BCUT2D eigenvalue weighted by molar-refractivity contribution is -0.0260. The van der Waals surface area contributed by atoms with E-state index >= 15 is 0 Å². The Bertz CT molecular complexity index is 519. The third kappa shape index (κ3) is 32.5. The smallest absolute Gasteiger partial charge is 0.107 e. The van der Waals surface area contributed by atoms with E-state index in [9.17, 15) is 0 Å². The first-order valence-corrected chi connectivity index (χ1v) is 12.1. The first-order chi connectivity index (χ1) is 17.9. The summed E-state index contributed by atoms with van der Waals surface area (Å²) in [6.07, 6.45) is 5.06. The van der Waals surface area contributed by atoms with Gasteiger partial charge in [0.1, 0.15) is 6.61 Å². The molecule has 0 aromatic rings. The Kier molecular flexibility index (Phi) is 32.0. The summed E-state index contributed by atoms with van der Waals surface area (Å²) in [5.41, 5.74) is 8.11. The van der Waals surface area contributed by atoms with Crippen LogP contribution in [0.5, 0.6) is 0 Å². The summed E-state index contributed by atoms with van der Waals surface area (Å²) < 4.78 is 53.4. The lowest BCUT2D eigenvalue weighted by Gasteiger charge is -2.09. The van der Waals surface area contributed by atoms with Crippen LogP contribution in [-0.2, 0) is 47.4 Å². The van der Waals surface area contributed by atoms with E-state index in [0.717, 1.165) is 0 Å². The van der Waals surface area contributed by atoms with Crippen molar-refractivity contribution in [1.29, 1.82) is 0 Å². The number of nitrogens with zero attached hydrogens (tertiary/aromatic N) is 3. The largest absolute Gasteiger partial charge is 0.379 e. The number of rotatable bonds is 31. The molecule has 0 aliphatic heterocycles. The monoisotopic (exact) mass is 521 g/mol. The lowest BCUT2D eigenvalue weighted by Crippen LogP contribution is -2.15. The molecule has 210 valence electrons. The Balaban J connectivity index is 3.02. The van der Waals surface area contributed by atoms with Gasteiger partial charge in [-0.25, -0.2) is 0 Å². The zero-order valence-corrected chi connectivity index (χ0v) is 21.4. The molecule has 0 saturated heterocycles. The van der Waals surface area contributed by atoms with Crippen molar-refractivity contribution in [2.75, 3.05) is 139 Å². The maximum atomic E-state index is 8.11. The van der Waals surface area contributed by atoms with E-state index in [1.165, 1.54) is 0 Å². The second kappa shape index (κ2) is 33.5. The molecule has 0 spiro atoms. The zero-order valence-electron chi connectivity index (χ0n) is 21.4. The maximum absolute atomic E-state index is 8.11. The molecule has 0 aliphatic carbocycles. The van der Waals surface area contributed by atoms with Gasteiger partial charge in [0.15, 0.2) is 0 Å². The van der Waals surface area contributed by atoms with Crippen molar-refractivity contribution in [3.8, 4) is 12.3 Å². The number of terminal acetylenes is 1. The van der Waals surface area contributed by atoms with Gasteiger partial charge in [0, 0.05) is 11.5 Å². The highest BCUT2D eigenvalue weighted by Gasteiger charge is 1.95. The van der Waals surface area contributed by atoms with Crippen LogP contribution in [0.25, 0.3) is 10.4 Å². The molecule has 0 N–H and O–H groups in total. The number of hydrogen-bond acceptors (Lipinski definition) is 11. The van der Waals surface area contributed by atoms with E-state index in [2.05, 4.69) is 15.9 Å². The van der Waals surface area contributed by atoms with E-state index in [1.807, 2.05) is 0 Å². The molecule has 0 radical (unpaired) electrons. The Labute approximate surface area is 214 Å². The van der Waals surface area contributed by atoms with Crippen molar-refractivity contribution in [2.24, 2.45) is 5.11 Å². The van der Waals surface area contributed by atoms with E-state index in [1.54, 1.807) is 0 Å². The summed E-state index contributed by atoms with van der Waals surface area (Å²) >= 11 is 0. The van der Waals surface area contributed by atoms with Crippen molar-refractivity contribution >= 4 is 0 Å². The number of hydrogen-bond donors (Lipinski definition) is 0. The van der Waals surface area contributed by atoms with Gasteiger partial charge in [-0.05, 0) is 5.53 Å². The van der Waals surface area contributed by atoms with E-state index < -0.39 is 0 Å². The number of azide groups is 1. The van der Waals surface area contributed by atoms with Gasteiger partial charge >= 0.3 is 0 Å². The molecule has 0 bridgehead atoms. The highest BCUT2D eigenvalue weighted by Crippen LogP contribution is 1.86. The van der Waals surface area contributed by atoms with Crippen LogP contribution in [0.4, 0.5) is 0 Å². The highest BCUT2D eigenvalue weighted by atomic mass is 16.6. The summed E-state index contributed by atoms with van der Waals surface area (Å²) in [4.78, 5) is 2.64. The topological polar surface area (TPSA) is 141 Å². The summed E-state index contributed by atoms with van der Waals surface area (Å²) in [5.74, 6) is 2.39. The van der Waals surface area contributed by atoms with Gasteiger partial charge in [0.05, 0.1) is 126 Å². The second-order valence-electron chi connectivity index (χ2n) is 6.72. The molecule has 0 aromatic heterocycles. The third-order valence-electron chi connectivity index (χ3n) is 3.93. The van der Waals surface area contributed by atoms with Crippen molar-refractivity contribution in [1.82, 2.24) is 0 Å². The van der Waals surface area contributed by atoms with Gasteiger partial charge in [-0.1, -0.05) is 11.0 Å².